The van der Waals surface area contributed by atoms with Crippen molar-refractivity contribution in [2.75, 3.05) is 31.5 Å². The normalized spacial score (nSPS) is 15.0. The summed E-state index contributed by atoms with van der Waals surface area (Å²) < 4.78 is 10.3. The maximum atomic E-state index is 12.3. The highest BCUT2D eigenvalue weighted by Gasteiger charge is 2.26. The average Bonchev–Trinajstić information content (AvgIpc) is 3.26. The number of nitrogens with one attached hydrogen (secondary N) is 1. The van der Waals surface area contributed by atoms with E-state index in [1.165, 1.54) is 6.26 Å². The summed E-state index contributed by atoms with van der Waals surface area (Å²) in [6, 6.07) is 4.79. The van der Waals surface area contributed by atoms with Gasteiger partial charge in [0.2, 0.25) is 0 Å². The molecule has 8 heteroatoms. The van der Waals surface area contributed by atoms with Crippen molar-refractivity contribution in [2.45, 2.75) is 19.8 Å². The van der Waals surface area contributed by atoms with E-state index in [0.717, 1.165) is 5.76 Å². The van der Waals surface area contributed by atoms with Gasteiger partial charge in [0.15, 0.2) is 11.6 Å². The number of furan rings is 1. The Morgan fingerprint density at radius 3 is 2.50 bits per heavy atom. The molecule has 3 amide bonds. The first-order valence-corrected chi connectivity index (χ1v) is 7.90. The average molecular weight is 332 g/mol. The van der Waals surface area contributed by atoms with Crippen molar-refractivity contribution in [1.29, 1.82) is 0 Å². The predicted octanol–water partition coefficient (Wildman–Crippen LogP) is 2.38. The number of carbonyl (C=O) groups excluding carboxylic acids is 2. The quantitative estimate of drug-likeness (QED) is 0.931. The molecule has 24 heavy (non-hydrogen) atoms. The van der Waals surface area contributed by atoms with Gasteiger partial charge in [0.25, 0.3) is 5.91 Å². The minimum absolute atomic E-state index is 0.155. The Bertz CT molecular complexity index is 699. The van der Waals surface area contributed by atoms with Crippen LogP contribution in [0, 0.1) is 0 Å². The molecule has 128 valence electrons. The van der Waals surface area contributed by atoms with E-state index in [4.69, 9.17) is 8.94 Å². The van der Waals surface area contributed by atoms with E-state index < -0.39 is 0 Å². The van der Waals surface area contributed by atoms with Crippen molar-refractivity contribution in [1.82, 2.24) is 15.0 Å². The van der Waals surface area contributed by atoms with Gasteiger partial charge in [0.05, 0.1) is 6.26 Å². The number of nitrogens with zero attached hydrogens (tertiary/aromatic N) is 3. The molecule has 0 bridgehead atoms. The number of amides is 3. The molecule has 3 heterocycles. The van der Waals surface area contributed by atoms with Gasteiger partial charge in [0.1, 0.15) is 5.76 Å². The third-order valence-corrected chi connectivity index (χ3v) is 3.92. The van der Waals surface area contributed by atoms with Crippen LogP contribution in [0.15, 0.2) is 33.4 Å². The number of aromatic nitrogens is 1. The van der Waals surface area contributed by atoms with Crippen LogP contribution in [0.2, 0.25) is 0 Å². The van der Waals surface area contributed by atoms with Crippen LogP contribution in [-0.4, -0.2) is 53.1 Å². The van der Waals surface area contributed by atoms with Crippen LogP contribution < -0.4 is 5.32 Å². The molecule has 0 spiro atoms. The van der Waals surface area contributed by atoms with Gasteiger partial charge in [-0.2, -0.15) is 0 Å². The molecule has 0 aliphatic carbocycles. The Labute approximate surface area is 139 Å². The summed E-state index contributed by atoms with van der Waals surface area (Å²) >= 11 is 0. The summed E-state index contributed by atoms with van der Waals surface area (Å²) in [5.74, 6) is 1.49. The van der Waals surface area contributed by atoms with Gasteiger partial charge in [-0.05, 0) is 12.1 Å². The highest BCUT2D eigenvalue weighted by atomic mass is 16.5. The van der Waals surface area contributed by atoms with Crippen LogP contribution in [-0.2, 0) is 0 Å². The smallest absolute Gasteiger partial charge is 0.323 e. The molecular formula is C16H20N4O4. The number of rotatable bonds is 3. The van der Waals surface area contributed by atoms with E-state index in [-0.39, 0.29) is 17.9 Å². The van der Waals surface area contributed by atoms with Gasteiger partial charge in [-0.15, -0.1) is 0 Å². The summed E-state index contributed by atoms with van der Waals surface area (Å²) in [7, 11) is 0. The molecule has 0 aromatic carbocycles. The number of carbonyl (C=O) groups is 2. The lowest BCUT2D eigenvalue weighted by Crippen LogP contribution is -2.51. The first kappa shape index (κ1) is 16.1. The molecule has 0 atom stereocenters. The first-order valence-electron chi connectivity index (χ1n) is 7.90. The first-order chi connectivity index (χ1) is 11.5. The standard InChI is InChI=1S/C16H20N4O4/c1-11(2)13-10-14(18-24-13)17-16(22)20-7-5-19(6-8-20)15(21)12-4-3-9-23-12/h3-4,9-11H,5-8H2,1-2H3,(H,17,18,22). The minimum Gasteiger partial charge on any atom is -0.459 e. The zero-order valence-electron chi connectivity index (χ0n) is 13.7. The fraction of sp³-hybridized carbons (Fsp3) is 0.438. The van der Waals surface area contributed by atoms with Crippen molar-refractivity contribution in [3.8, 4) is 0 Å². The van der Waals surface area contributed by atoms with E-state index in [2.05, 4.69) is 10.5 Å². The van der Waals surface area contributed by atoms with Crippen molar-refractivity contribution in [3.63, 3.8) is 0 Å². The van der Waals surface area contributed by atoms with E-state index in [1.54, 1.807) is 28.0 Å². The number of urea groups is 1. The lowest BCUT2D eigenvalue weighted by atomic mass is 10.2. The molecule has 1 aliphatic rings. The third kappa shape index (κ3) is 3.42. The fourth-order valence-electron chi connectivity index (χ4n) is 2.48. The maximum Gasteiger partial charge on any atom is 0.323 e. The Balaban J connectivity index is 1.52. The number of anilines is 1. The Morgan fingerprint density at radius 2 is 1.92 bits per heavy atom. The molecule has 1 N–H and O–H groups in total. The van der Waals surface area contributed by atoms with Gasteiger partial charge in [-0.25, -0.2) is 4.79 Å². The molecule has 0 radical (unpaired) electrons. The van der Waals surface area contributed by atoms with Gasteiger partial charge < -0.3 is 18.7 Å². The van der Waals surface area contributed by atoms with Crippen molar-refractivity contribution in [3.05, 3.63) is 36.0 Å². The van der Waals surface area contributed by atoms with Crippen LogP contribution in [0.25, 0.3) is 0 Å². The molecule has 2 aromatic heterocycles. The van der Waals surface area contributed by atoms with Gasteiger partial charge in [0, 0.05) is 38.2 Å². The second-order valence-corrected chi connectivity index (χ2v) is 5.96. The van der Waals surface area contributed by atoms with E-state index in [0.29, 0.717) is 37.8 Å². The number of hydrogen-bond donors (Lipinski definition) is 1. The molecule has 0 saturated carbocycles. The SMILES string of the molecule is CC(C)c1cc(NC(=O)N2CCN(C(=O)c3ccco3)CC2)no1. The maximum absolute atomic E-state index is 12.3. The van der Waals surface area contributed by atoms with Crippen molar-refractivity contribution in [2.24, 2.45) is 0 Å². The zero-order valence-corrected chi connectivity index (χ0v) is 13.7. The van der Waals surface area contributed by atoms with E-state index in [9.17, 15) is 9.59 Å². The lowest BCUT2D eigenvalue weighted by Gasteiger charge is -2.34. The molecule has 2 aromatic rings. The number of hydrogen-bond acceptors (Lipinski definition) is 5. The summed E-state index contributed by atoms with van der Waals surface area (Å²) in [6.07, 6.45) is 1.47. The Kier molecular flexibility index (Phi) is 4.54. The minimum atomic E-state index is -0.247. The summed E-state index contributed by atoms with van der Waals surface area (Å²) in [4.78, 5) is 27.8. The van der Waals surface area contributed by atoms with Crippen LogP contribution in [0.1, 0.15) is 36.1 Å². The molecule has 0 unspecified atom stereocenters. The summed E-state index contributed by atoms with van der Waals surface area (Å²) in [5.41, 5.74) is 0. The highest BCUT2D eigenvalue weighted by molar-refractivity contribution is 5.92. The van der Waals surface area contributed by atoms with Crippen molar-refractivity contribution < 1.29 is 18.5 Å². The monoisotopic (exact) mass is 332 g/mol. The highest BCUT2D eigenvalue weighted by Crippen LogP contribution is 2.18. The molecule has 3 rings (SSSR count). The summed E-state index contributed by atoms with van der Waals surface area (Å²) in [6.45, 7) is 5.80. The molecule has 1 saturated heterocycles. The molecular weight excluding hydrogens is 312 g/mol. The Morgan fingerprint density at radius 1 is 1.21 bits per heavy atom. The van der Waals surface area contributed by atoms with Gasteiger partial charge in [-0.1, -0.05) is 19.0 Å². The molecule has 1 aliphatic heterocycles. The van der Waals surface area contributed by atoms with Gasteiger partial charge >= 0.3 is 6.03 Å². The van der Waals surface area contributed by atoms with Crippen LogP contribution in [0.4, 0.5) is 10.6 Å². The fourth-order valence-corrected chi connectivity index (χ4v) is 2.48. The van der Waals surface area contributed by atoms with E-state index >= 15 is 0 Å². The topological polar surface area (TPSA) is 91.8 Å². The van der Waals surface area contributed by atoms with Crippen LogP contribution in [0.5, 0.6) is 0 Å². The lowest BCUT2D eigenvalue weighted by molar-refractivity contribution is 0.0640. The Hall–Kier alpha value is -2.77. The van der Waals surface area contributed by atoms with Crippen LogP contribution >= 0.6 is 0 Å². The van der Waals surface area contributed by atoms with Gasteiger partial charge in [-0.3, -0.25) is 10.1 Å². The van der Waals surface area contributed by atoms with E-state index in [1.807, 2.05) is 13.8 Å². The second-order valence-electron chi connectivity index (χ2n) is 5.96. The zero-order chi connectivity index (χ0) is 17.1. The summed E-state index contributed by atoms with van der Waals surface area (Å²) in [5, 5.41) is 6.56. The molecule has 8 nitrogen and oxygen atoms in total. The van der Waals surface area contributed by atoms with Crippen molar-refractivity contribution >= 4 is 17.8 Å². The predicted molar refractivity (Wildman–Crippen MR) is 85.8 cm³/mol. The van der Waals surface area contributed by atoms with Crippen LogP contribution in [0.3, 0.4) is 0 Å². The largest absolute Gasteiger partial charge is 0.459 e. The third-order valence-electron chi connectivity index (χ3n) is 3.92. The number of piperazine rings is 1. The second kappa shape index (κ2) is 6.77. The molecule has 1 fully saturated rings.